The lowest BCUT2D eigenvalue weighted by atomic mass is 9.91. The van der Waals surface area contributed by atoms with Crippen molar-refractivity contribution in [3.63, 3.8) is 0 Å². The average molecular weight is 244 g/mol. The van der Waals surface area contributed by atoms with Gasteiger partial charge in [0.15, 0.2) is 0 Å². The monoisotopic (exact) mass is 244 g/mol. The van der Waals surface area contributed by atoms with Crippen LogP contribution in [0.3, 0.4) is 0 Å². The van der Waals surface area contributed by atoms with Crippen LogP contribution >= 0.6 is 0 Å². The second kappa shape index (κ2) is 5.29. The topological polar surface area (TPSA) is 44.8 Å². The Morgan fingerprint density at radius 3 is 2.06 bits per heavy atom. The highest BCUT2D eigenvalue weighted by molar-refractivity contribution is 6.55. The first kappa shape index (κ1) is 12.1. The van der Waals surface area contributed by atoms with Crippen LogP contribution in [0.4, 0.5) is 0 Å². The second-order valence-corrected chi connectivity index (χ2v) is 7.63. The van der Waals surface area contributed by atoms with Gasteiger partial charge in [-0.05, 0) is 6.04 Å². The number of rotatable bonds is 5. The molecule has 4 nitrogen and oxygen atoms in total. The molecule has 0 aromatic rings. The minimum atomic E-state index is -1.44. The highest BCUT2D eigenvalue weighted by Crippen LogP contribution is 2.40. The Balaban J connectivity index is 1.99. The Morgan fingerprint density at radius 2 is 1.81 bits per heavy atom. The van der Waals surface area contributed by atoms with E-state index in [4.69, 9.17) is 13.9 Å². The van der Waals surface area contributed by atoms with Crippen LogP contribution in [0.5, 0.6) is 0 Å². The molecule has 2 rings (SSSR count). The minimum absolute atomic E-state index is 0.121. The molecule has 0 saturated carbocycles. The molecule has 0 N–H and O–H groups in total. The first-order chi connectivity index (χ1) is 7.72. The van der Waals surface area contributed by atoms with E-state index in [1.165, 1.54) is 6.92 Å². The van der Waals surface area contributed by atoms with E-state index >= 15 is 0 Å². The molecule has 2 heterocycles. The van der Waals surface area contributed by atoms with Crippen LogP contribution in [0.25, 0.3) is 0 Å². The van der Waals surface area contributed by atoms with Crippen LogP contribution in [0.15, 0.2) is 0 Å². The third kappa shape index (κ3) is 2.47. The minimum Gasteiger partial charge on any atom is -0.522 e. The maximum Gasteiger partial charge on any atom is 0.289 e. The van der Waals surface area contributed by atoms with Gasteiger partial charge in [-0.3, -0.25) is 4.79 Å². The fourth-order valence-electron chi connectivity index (χ4n) is 2.59. The van der Waals surface area contributed by atoms with E-state index in [9.17, 15) is 4.79 Å². The fourth-order valence-corrected chi connectivity index (χ4v) is 5.54. The highest BCUT2D eigenvalue weighted by Gasteiger charge is 2.44. The Hall–Kier alpha value is -0.393. The summed E-state index contributed by atoms with van der Waals surface area (Å²) >= 11 is 0. The van der Waals surface area contributed by atoms with E-state index in [2.05, 4.69) is 6.92 Å². The molecule has 92 valence electrons. The zero-order valence-corrected chi connectivity index (χ0v) is 11.1. The van der Waals surface area contributed by atoms with Crippen molar-refractivity contribution >= 4 is 15.0 Å². The van der Waals surface area contributed by atoms with Crippen LogP contribution < -0.4 is 0 Å². The molecule has 2 fully saturated rings. The zero-order chi connectivity index (χ0) is 11.5. The Bertz CT molecular complexity index is 236. The van der Waals surface area contributed by atoms with E-state index < -0.39 is 9.04 Å². The van der Waals surface area contributed by atoms with Gasteiger partial charge in [-0.1, -0.05) is 6.92 Å². The summed E-state index contributed by atoms with van der Waals surface area (Å²) < 4.78 is 16.1. The predicted octanol–water partition coefficient (Wildman–Crippen LogP) is 0.956. The molecular formula is C11H20O4Si. The molecule has 5 heteroatoms. The van der Waals surface area contributed by atoms with Crippen molar-refractivity contribution in [1.29, 1.82) is 0 Å². The van der Waals surface area contributed by atoms with Gasteiger partial charge >= 0.3 is 0 Å². The largest absolute Gasteiger partial charge is 0.522 e. The number of carbonyl (C=O) groups is 1. The summed E-state index contributed by atoms with van der Waals surface area (Å²) in [4.78, 5) is 11.1. The van der Waals surface area contributed by atoms with Crippen molar-refractivity contribution in [2.45, 2.75) is 25.4 Å². The number of hydrogen-bond donors (Lipinski definition) is 0. The van der Waals surface area contributed by atoms with Crippen molar-refractivity contribution in [2.75, 3.05) is 26.4 Å². The van der Waals surface area contributed by atoms with Crippen molar-refractivity contribution in [3.8, 4) is 0 Å². The van der Waals surface area contributed by atoms with Gasteiger partial charge in [0.1, 0.15) is 0 Å². The van der Waals surface area contributed by atoms with E-state index in [0.29, 0.717) is 17.4 Å². The van der Waals surface area contributed by atoms with Crippen LogP contribution in [0.2, 0.25) is 11.6 Å². The Kier molecular flexibility index (Phi) is 3.99. The molecule has 16 heavy (non-hydrogen) atoms. The third-order valence-electron chi connectivity index (χ3n) is 3.57. The summed E-state index contributed by atoms with van der Waals surface area (Å²) in [5.74, 6) is 1.08. The fraction of sp³-hybridized carbons (Fsp3) is 0.909. The molecule has 0 amide bonds. The molecular weight excluding hydrogens is 224 g/mol. The summed E-state index contributed by atoms with van der Waals surface area (Å²) in [6.45, 7) is 7.00. The van der Waals surface area contributed by atoms with Crippen LogP contribution in [-0.2, 0) is 18.7 Å². The zero-order valence-electron chi connectivity index (χ0n) is 9.98. The van der Waals surface area contributed by atoms with E-state index in [-0.39, 0.29) is 5.97 Å². The summed E-state index contributed by atoms with van der Waals surface area (Å²) in [6.07, 6.45) is 0. The summed E-state index contributed by atoms with van der Waals surface area (Å²) in [5, 5.41) is 0. The van der Waals surface area contributed by atoms with Crippen molar-refractivity contribution in [3.05, 3.63) is 0 Å². The van der Waals surface area contributed by atoms with Crippen molar-refractivity contribution in [1.82, 2.24) is 0 Å². The van der Waals surface area contributed by atoms with E-state index in [1.807, 2.05) is 0 Å². The average Bonchev–Trinajstić information content (AvgIpc) is 2.07. The molecule has 2 aliphatic heterocycles. The lowest BCUT2D eigenvalue weighted by Crippen LogP contribution is -2.48. The smallest absolute Gasteiger partial charge is 0.289 e. The summed E-state index contributed by atoms with van der Waals surface area (Å²) in [6, 6.07) is 1.01. The quantitative estimate of drug-likeness (QED) is 0.676. The van der Waals surface area contributed by atoms with Gasteiger partial charge in [-0.25, -0.2) is 0 Å². The molecule has 1 unspecified atom stereocenters. The number of hydrogen-bond acceptors (Lipinski definition) is 4. The molecule has 0 aromatic heterocycles. The number of carbonyl (C=O) groups excluding carboxylic acids is 1. The molecule has 0 bridgehead atoms. The predicted molar refractivity (Wildman–Crippen MR) is 61.8 cm³/mol. The third-order valence-corrected chi connectivity index (χ3v) is 6.95. The molecule has 0 radical (unpaired) electrons. The summed E-state index contributed by atoms with van der Waals surface area (Å²) in [5.41, 5.74) is 0.552. The highest BCUT2D eigenvalue weighted by atomic mass is 28.3. The maximum absolute atomic E-state index is 11.1. The van der Waals surface area contributed by atoms with E-state index in [0.717, 1.165) is 32.5 Å². The molecule has 0 spiro atoms. The van der Waals surface area contributed by atoms with Crippen molar-refractivity contribution < 1.29 is 18.7 Å². The lowest BCUT2D eigenvalue weighted by Gasteiger charge is -2.44. The first-order valence-electron chi connectivity index (χ1n) is 6.05. The van der Waals surface area contributed by atoms with Gasteiger partial charge in [-0.15, -0.1) is 0 Å². The standard InChI is InChI=1S/C11H20O4Si/c1-3-16(15-8(2)12)11(9-4-13-5-9)10-6-14-7-10/h9-11,16H,3-7H2,1-2H3. The van der Waals surface area contributed by atoms with Crippen molar-refractivity contribution in [2.24, 2.45) is 11.8 Å². The molecule has 1 atom stereocenters. The maximum atomic E-state index is 11.1. The van der Waals surface area contributed by atoms with E-state index in [1.54, 1.807) is 0 Å². The van der Waals surface area contributed by atoms with Crippen LogP contribution in [0.1, 0.15) is 13.8 Å². The van der Waals surface area contributed by atoms with Crippen LogP contribution in [-0.4, -0.2) is 41.4 Å². The Morgan fingerprint density at radius 1 is 1.31 bits per heavy atom. The lowest BCUT2D eigenvalue weighted by molar-refractivity contribution is -0.133. The first-order valence-corrected chi connectivity index (χ1v) is 8.00. The summed E-state index contributed by atoms with van der Waals surface area (Å²) in [7, 11) is -1.44. The Labute approximate surface area is 98.0 Å². The number of ether oxygens (including phenoxy) is 2. The van der Waals surface area contributed by atoms with Gasteiger partial charge in [0.25, 0.3) is 5.97 Å². The van der Waals surface area contributed by atoms with Gasteiger partial charge in [0.05, 0.1) is 26.4 Å². The van der Waals surface area contributed by atoms with Gasteiger partial charge < -0.3 is 13.9 Å². The van der Waals surface area contributed by atoms with Gasteiger partial charge in [0.2, 0.25) is 9.04 Å². The van der Waals surface area contributed by atoms with Gasteiger partial charge in [-0.2, -0.15) is 0 Å². The molecule has 0 aromatic carbocycles. The van der Waals surface area contributed by atoms with Crippen LogP contribution in [0, 0.1) is 11.8 Å². The molecule has 0 aliphatic carbocycles. The molecule has 2 saturated heterocycles. The SMILES string of the molecule is CC[SiH](OC(C)=O)C(C1COC1)C1COC1. The second-order valence-electron chi connectivity index (χ2n) is 4.73. The normalized spacial score (nSPS) is 23.7. The molecule has 2 aliphatic rings. The van der Waals surface area contributed by atoms with Gasteiger partial charge in [0, 0.05) is 24.3 Å².